The van der Waals surface area contributed by atoms with Crippen molar-refractivity contribution in [1.82, 2.24) is 10.3 Å². The first-order chi connectivity index (χ1) is 15.5. The number of aliphatic hydroxyl groups is 1. The highest BCUT2D eigenvalue weighted by Gasteiger charge is 2.20. The number of carbonyl (C=O) groups is 2. The van der Waals surface area contributed by atoms with Crippen LogP contribution in [0.5, 0.6) is 0 Å². The van der Waals surface area contributed by atoms with E-state index >= 15 is 0 Å². The van der Waals surface area contributed by atoms with Crippen LogP contribution >= 0.6 is 11.6 Å². The van der Waals surface area contributed by atoms with Crippen LogP contribution < -0.4 is 16.4 Å². The van der Waals surface area contributed by atoms with Crippen LogP contribution in [0.3, 0.4) is 0 Å². The topological polar surface area (TPSA) is 117 Å². The van der Waals surface area contributed by atoms with E-state index in [0.29, 0.717) is 17.2 Å². The predicted molar refractivity (Wildman–Crippen MR) is 122 cm³/mol. The Hall–Kier alpha value is -3.56. The Morgan fingerprint density at radius 2 is 1.76 bits per heavy atom. The maximum absolute atomic E-state index is 13.4. The summed E-state index contributed by atoms with van der Waals surface area (Å²) in [6.45, 7) is 3.63. The van der Waals surface area contributed by atoms with Crippen LogP contribution in [0.1, 0.15) is 35.9 Å². The molecule has 10 heteroatoms. The molecule has 172 valence electrons. The molecular formula is C23H21ClF2N4O3. The number of amides is 2. The number of nitrogens with zero attached hydrogens (tertiary/aromatic N) is 1. The van der Waals surface area contributed by atoms with E-state index in [9.17, 15) is 23.5 Å². The Morgan fingerprint density at radius 3 is 2.36 bits per heavy atom. The van der Waals surface area contributed by atoms with Crippen molar-refractivity contribution < 1.29 is 23.5 Å². The Kier molecular flexibility index (Phi) is 7.25. The van der Waals surface area contributed by atoms with Gasteiger partial charge in [-0.05, 0) is 49.7 Å². The molecule has 0 radical (unpaired) electrons. The molecule has 1 unspecified atom stereocenters. The van der Waals surface area contributed by atoms with Gasteiger partial charge in [-0.2, -0.15) is 0 Å². The minimum atomic E-state index is -1.79. The molecule has 3 aromatic rings. The summed E-state index contributed by atoms with van der Waals surface area (Å²) in [6, 6.07) is 8.36. The molecule has 0 aliphatic carbocycles. The van der Waals surface area contributed by atoms with E-state index in [-0.39, 0.29) is 39.6 Å². The van der Waals surface area contributed by atoms with Gasteiger partial charge in [-0.25, -0.2) is 13.8 Å². The fraction of sp³-hybridized carbons (Fsp3) is 0.174. The lowest BCUT2D eigenvalue weighted by molar-refractivity contribution is -0.124. The Balaban J connectivity index is 1.81. The lowest BCUT2D eigenvalue weighted by Gasteiger charge is -2.14. The summed E-state index contributed by atoms with van der Waals surface area (Å²) in [7, 11) is 0. The van der Waals surface area contributed by atoms with E-state index in [2.05, 4.69) is 15.6 Å². The summed E-state index contributed by atoms with van der Waals surface area (Å²) in [5.41, 5.74) is 7.09. The van der Waals surface area contributed by atoms with Crippen LogP contribution in [0.15, 0.2) is 48.7 Å². The first-order valence-corrected chi connectivity index (χ1v) is 10.2. The number of rotatable bonds is 6. The summed E-state index contributed by atoms with van der Waals surface area (Å²) >= 11 is 6.37. The van der Waals surface area contributed by atoms with E-state index in [4.69, 9.17) is 17.3 Å². The number of nitrogen functional groups attached to an aromatic ring is 1. The van der Waals surface area contributed by atoms with E-state index in [1.54, 1.807) is 12.1 Å². The number of nitrogens with two attached hydrogens (primary N) is 1. The fourth-order valence-corrected chi connectivity index (χ4v) is 3.36. The zero-order chi connectivity index (χ0) is 24.3. The van der Waals surface area contributed by atoms with Crippen molar-refractivity contribution in [1.29, 1.82) is 0 Å². The summed E-state index contributed by atoms with van der Waals surface area (Å²) < 4.78 is 26.7. The lowest BCUT2D eigenvalue weighted by atomic mass is 10.0. The van der Waals surface area contributed by atoms with Crippen molar-refractivity contribution in [2.75, 3.05) is 11.1 Å². The smallest absolute Gasteiger partial charge is 0.257 e. The highest BCUT2D eigenvalue weighted by Crippen LogP contribution is 2.32. The molecule has 1 aromatic heterocycles. The van der Waals surface area contributed by atoms with Crippen LogP contribution in [-0.2, 0) is 4.79 Å². The molecule has 7 nitrogen and oxygen atoms in total. The molecule has 0 saturated heterocycles. The number of benzene rings is 2. The zero-order valence-corrected chi connectivity index (χ0v) is 18.5. The average Bonchev–Trinajstić information content (AvgIpc) is 2.72. The maximum atomic E-state index is 13.4. The quantitative estimate of drug-likeness (QED) is 0.429. The number of anilines is 2. The molecule has 0 aliphatic heterocycles. The van der Waals surface area contributed by atoms with Crippen molar-refractivity contribution in [2.45, 2.75) is 26.0 Å². The van der Waals surface area contributed by atoms with Crippen molar-refractivity contribution in [3.05, 3.63) is 76.4 Å². The number of aromatic nitrogens is 1. The number of aliphatic hydroxyl groups excluding tert-OH is 1. The molecule has 2 aromatic carbocycles. The van der Waals surface area contributed by atoms with Crippen LogP contribution in [0.25, 0.3) is 11.1 Å². The summed E-state index contributed by atoms with van der Waals surface area (Å²) in [5.74, 6) is -3.03. The molecular weight excluding hydrogens is 454 g/mol. The number of hydrogen-bond donors (Lipinski definition) is 4. The van der Waals surface area contributed by atoms with Gasteiger partial charge in [-0.1, -0.05) is 17.7 Å². The number of nitrogens with one attached hydrogen (secondary N) is 2. The maximum Gasteiger partial charge on any atom is 0.257 e. The fourth-order valence-electron chi connectivity index (χ4n) is 3.07. The molecule has 1 heterocycles. The van der Waals surface area contributed by atoms with Crippen LogP contribution in [0.2, 0.25) is 5.02 Å². The SMILES string of the molecule is CC(C)NC(=O)c1cc(-c2ccc(NC(=O)C(O)c3cc(F)cc(F)c3)cc2Cl)cnc1N. The van der Waals surface area contributed by atoms with Crippen LogP contribution in [0, 0.1) is 11.6 Å². The molecule has 3 rings (SSSR count). The molecule has 0 fully saturated rings. The standard InChI is InChI=1S/C23H21ClF2N4O3/c1-11(2)29-22(32)18-7-13(10-28-21(18)27)17-4-3-16(9-19(17)24)30-23(33)20(31)12-5-14(25)8-15(26)6-12/h3-11,20,31H,1-2H3,(H2,27,28)(H,29,32)(H,30,33). The second-order valence-corrected chi connectivity index (χ2v) is 7.98. The van der Waals surface area contributed by atoms with Crippen molar-refractivity contribution in [3.8, 4) is 11.1 Å². The van der Waals surface area contributed by atoms with Crippen molar-refractivity contribution >= 4 is 34.9 Å². The predicted octanol–water partition coefficient (Wildman–Crippen LogP) is 4.07. The minimum absolute atomic E-state index is 0.0691. The second-order valence-electron chi connectivity index (χ2n) is 7.57. The van der Waals surface area contributed by atoms with Gasteiger partial charge in [-0.3, -0.25) is 9.59 Å². The Labute approximate surface area is 193 Å². The second kappa shape index (κ2) is 9.93. The van der Waals surface area contributed by atoms with Gasteiger partial charge in [0.05, 0.1) is 10.6 Å². The minimum Gasteiger partial charge on any atom is -0.383 e. The van der Waals surface area contributed by atoms with Crippen molar-refractivity contribution in [3.63, 3.8) is 0 Å². The van der Waals surface area contributed by atoms with Gasteiger partial charge in [0.1, 0.15) is 17.5 Å². The van der Waals surface area contributed by atoms with E-state index in [0.717, 1.165) is 12.1 Å². The van der Waals surface area contributed by atoms with Gasteiger partial charge >= 0.3 is 0 Å². The normalized spacial score (nSPS) is 11.8. The Bertz CT molecular complexity index is 1200. The molecule has 0 spiro atoms. The van der Waals surface area contributed by atoms with Crippen molar-refractivity contribution in [2.24, 2.45) is 0 Å². The summed E-state index contributed by atoms with van der Waals surface area (Å²) in [4.78, 5) is 28.8. The number of halogens is 3. The Morgan fingerprint density at radius 1 is 1.09 bits per heavy atom. The van der Waals surface area contributed by atoms with Gasteiger partial charge in [0, 0.05) is 35.1 Å². The first-order valence-electron chi connectivity index (χ1n) is 9.86. The third-order valence-corrected chi connectivity index (χ3v) is 4.89. The highest BCUT2D eigenvalue weighted by atomic mass is 35.5. The molecule has 0 saturated carbocycles. The number of pyridine rings is 1. The van der Waals surface area contributed by atoms with Gasteiger partial charge in [0.2, 0.25) is 0 Å². The first kappa shape index (κ1) is 24.1. The third kappa shape index (κ3) is 5.82. The monoisotopic (exact) mass is 474 g/mol. The third-order valence-electron chi connectivity index (χ3n) is 4.58. The van der Waals surface area contributed by atoms with Gasteiger partial charge in [-0.15, -0.1) is 0 Å². The molecule has 0 bridgehead atoms. The molecule has 2 amide bonds. The highest BCUT2D eigenvalue weighted by molar-refractivity contribution is 6.33. The van der Waals surface area contributed by atoms with E-state index in [1.165, 1.54) is 18.3 Å². The molecule has 0 aliphatic rings. The van der Waals surface area contributed by atoms with Gasteiger partial charge < -0.3 is 21.5 Å². The van der Waals surface area contributed by atoms with Gasteiger partial charge in [0.15, 0.2) is 6.10 Å². The number of carbonyl (C=O) groups excluding carboxylic acids is 2. The average molecular weight is 475 g/mol. The number of hydrogen-bond acceptors (Lipinski definition) is 5. The molecule has 1 atom stereocenters. The van der Waals surface area contributed by atoms with Gasteiger partial charge in [0.25, 0.3) is 11.8 Å². The van der Waals surface area contributed by atoms with E-state index < -0.39 is 23.6 Å². The molecule has 5 N–H and O–H groups in total. The van der Waals surface area contributed by atoms with Crippen LogP contribution in [-0.4, -0.2) is 27.9 Å². The zero-order valence-electron chi connectivity index (χ0n) is 17.7. The largest absolute Gasteiger partial charge is 0.383 e. The van der Waals surface area contributed by atoms with E-state index in [1.807, 2.05) is 13.8 Å². The lowest BCUT2D eigenvalue weighted by Crippen LogP contribution is -2.30. The summed E-state index contributed by atoms with van der Waals surface area (Å²) in [6.07, 6.45) is -0.333. The molecule has 33 heavy (non-hydrogen) atoms. The van der Waals surface area contributed by atoms with Crippen LogP contribution in [0.4, 0.5) is 20.3 Å². The summed E-state index contributed by atoms with van der Waals surface area (Å²) in [5, 5.41) is 15.5.